The number of ether oxygens (including phenoxy) is 6. The quantitative estimate of drug-likeness (QED) is 0.0575. The molecule has 6 nitrogen and oxygen atoms in total. The second-order valence-electron chi connectivity index (χ2n) is 13.0. The van der Waals surface area contributed by atoms with Crippen molar-refractivity contribution in [2.45, 2.75) is 5.41 Å². The molecule has 1 aliphatic carbocycles. The van der Waals surface area contributed by atoms with Crippen molar-refractivity contribution in [2.75, 3.05) is 52.9 Å². The van der Waals surface area contributed by atoms with Crippen LogP contribution in [-0.2, 0) is 24.4 Å². The molecule has 7 rings (SSSR count). The first-order chi connectivity index (χ1) is 27.3. The maximum atomic E-state index is 6.44. The summed E-state index contributed by atoms with van der Waals surface area (Å²) in [7, 11) is 0. The number of rotatable bonds is 20. The van der Waals surface area contributed by atoms with E-state index in [0.717, 1.165) is 44.9 Å². The van der Waals surface area contributed by atoms with Gasteiger partial charge in [-0.2, -0.15) is 0 Å². The fourth-order valence-electron chi connectivity index (χ4n) is 7.49. The van der Waals surface area contributed by atoms with Crippen LogP contribution in [0.2, 0.25) is 0 Å². The minimum Gasteiger partial charge on any atom is -0.499 e. The molecule has 6 aromatic rings. The minimum atomic E-state index is -0.653. The lowest BCUT2D eigenvalue weighted by molar-refractivity contribution is 0.0655. The maximum Gasteiger partial charge on any atom is 0.127 e. The van der Waals surface area contributed by atoms with Crippen LogP contribution in [0.15, 0.2) is 171 Å². The van der Waals surface area contributed by atoms with Crippen molar-refractivity contribution in [3.8, 4) is 44.9 Å². The second-order valence-corrected chi connectivity index (χ2v) is 13.0. The largest absolute Gasteiger partial charge is 0.499 e. The summed E-state index contributed by atoms with van der Waals surface area (Å²) < 4.78 is 34.7. The van der Waals surface area contributed by atoms with Crippen LogP contribution in [0.25, 0.3) is 33.4 Å². The Kier molecular flexibility index (Phi) is 12.4. The lowest BCUT2D eigenvalue weighted by Gasteiger charge is -2.35. The Morgan fingerprint density at radius 1 is 0.400 bits per heavy atom. The van der Waals surface area contributed by atoms with Gasteiger partial charge in [-0.3, -0.25) is 0 Å². The van der Waals surface area contributed by atoms with Crippen LogP contribution in [0.4, 0.5) is 0 Å². The Bertz CT molecular complexity index is 2020. The molecule has 0 fully saturated rings. The van der Waals surface area contributed by atoms with Crippen LogP contribution >= 0.6 is 0 Å². The van der Waals surface area contributed by atoms with Crippen molar-refractivity contribution in [2.24, 2.45) is 0 Å². The highest BCUT2D eigenvalue weighted by Crippen LogP contribution is 2.57. The molecule has 0 aromatic heterocycles. The monoisotopic (exact) mass is 730 g/mol. The maximum absolute atomic E-state index is 6.44. The van der Waals surface area contributed by atoms with Crippen LogP contribution in [-0.4, -0.2) is 52.9 Å². The predicted molar refractivity (Wildman–Crippen MR) is 220 cm³/mol. The van der Waals surface area contributed by atoms with Gasteiger partial charge in [-0.1, -0.05) is 134 Å². The van der Waals surface area contributed by atoms with E-state index in [0.29, 0.717) is 52.9 Å². The Morgan fingerprint density at radius 3 is 1.24 bits per heavy atom. The first-order valence-corrected chi connectivity index (χ1v) is 18.7. The minimum absolute atomic E-state index is 0.402. The van der Waals surface area contributed by atoms with Crippen molar-refractivity contribution in [3.63, 3.8) is 0 Å². The lowest BCUT2D eigenvalue weighted by atomic mass is 9.67. The van der Waals surface area contributed by atoms with Gasteiger partial charge in [-0.05, 0) is 68.8 Å². The van der Waals surface area contributed by atoms with Crippen molar-refractivity contribution in [3.05, 3.63) is 194 Å². The van der Waals surface area contributed by atoms with Gasteiger partial charge in [0.1, 0.15) is 37.9 Å². The van der Waals surface area contributed by atoms with Gasteiger partial charge < -0.3 is 28.4 Å². The smallest absolute Gasteiger partial charge is 0.127 e. The first-order valence-electron chi connectivity index (χ1n) is 18.7. The molecule has 0 radical (unpaired) electrons. The fraction of sp³-hybridized carbons (Fsp3) is 0.184. The zero-order chi connectivity index (χ0) is 37.7. The summed E-state index contributed by atoms with van der Waals surface area (Å²) >= 11 is 0. The Balaban J connectivity index is 1.35. The van der Waals surface area contributed by atoms with E-state index in [1.807, 2.05) is 12.1 Å². The molecule has 0 saturated carbocycles. The number of hydrogen-bond donors (Lipinski definition) is 0. The van der Waals surface area contributed by atoms with Gasteiger partial charge in [-0.15, -0.1) is 0 Å². The summed E-state index contributed by atoms with van der Waals surface area (Å²) in [4.78, 5) is 0. The van der Waals surface area contributed by atoms with Crippen molar-refractivity contribution >= 4 is 0 Å². The summed E-state index contributed by atoms with van der Waals surface area (Å²) in [6.07, 6.45) is 2.85. The van der Waals surface area contributed by atoms with Gasteiger partial charge in [0.05, 0.1) is 44.4 Å². The molecule has 0 bridgehead atoms. The molecule has 6 heteroatoms. The van der Waals surface area contributed by atoms with Gasteiger partial charge >= 0.3 is 0 Å². The molecule has 0 N–H and O–H groups in total. The topological polar surface area (TPSA) is 55.4 Å². The van der Waals surface area contributed by atoms with Crippen molar-refractivity contribution < 1.29 is 28.4 Å². The predicted octanol–water partition coefficient (Wildman–Crippen LogP) is 10.5. The summed E-state index contributed by atoms with van der Waals surface area (Å²) in [5.41, 5.74) is 10.7. The number of fused-ring (bicyclic) bond motifs is 3. The molecule has 0 aliphatic heterocycles. The average Bonchev–Trinajstić information content (AvgIpc) is 3.55. The zero-order valence-corrected chi connectivity index (χ0v) is 31.0. The highest BCUT2D eigenvalue weighted by molar-refractivity contribution is 5.88. The molecule has 1 aliphatic rings. The van der Waals surface area contributed by atoms with Gasteiger partial charge in [-0.25, -0.2) is 0 Å². The number of benzene rings is 6. The first kappa shape index (κ1) is 37.2. The van der Waals surface area contributed by atoms with E-state index in [9.17, 15) is 0 Å². The molecule has 6 aromatic carbocycles. The molecule has 0 unspecified atom stereocenters. The SMILES string of the molecule is C=COCCOCCOc1ccc(C2(c3ccc(OCCOCCOC=C)c(-c4ccccc4)c3)c3ccccc3-c3ccccc32)cc1-c1ccccc1. The molecule has 278 valence electrons. The normalized spacial score (nSPS) is 12.3. The van der Waals surface area contributed by atoms with E-state index in [-0.39, 0.29) is 0 Å². The van der Waals surface area contributed by atoms with Gasteiger partial charge in [0.25, 0.3) is 0 Å². The molecule has 0 spiro atoms. The van der Waals surface area contributed by atoms with Gasteiger partial charge in [0.15, 0.2) is 0 Å². The second kappa shape index (κ2) is 18.3. The van der Waals surface area contributed by atoms with Gasteiger partial charge in [0.2, 0.25) is 0 Å². The Labute approximate surface area is 324 Å². The lowest BCUT2D eigenvalue weighted by Crippen LogP contribution is -2.29. The van der Waals surface area contributed by atoms with E-state index in [1.165, 1.54) is 34.8 Å². The molecule has 0 heterocycles. The fourth-order valence-corrected chi connectivity index (χ4v) is 7.49. The molecule has 0 amide bonds. The van der Waals surface area contributed by atoms with E-state index in [2.05, 4.69) is 147 Å². The molecule has 55 heavy (non-hydrogen) atoms. The third-order valence-corrected chi connectivity index (χ3v) is 9.84. The van der Waals surface area contributed by atoms with Gasteiger partial charge in [0, 0.05) is 11.1 Å². The highest BCUT2D eigenvalue weighted by atomic mass is 16.5. The molecule has 0 saturated heterocycles. The van der Waals surface area contributed by atoms with Crippen LogP contribution in [0, 0.1) is 0 Å². The highest BCUT2D eigenvalue weighted by Gasteiger charge is 2.46. The summed E-state index contributed by atoms with van der Waals surface area (Å²) in [5.74, 6) is 1.59. The Hall–Kier alpha value is -6.08. The summed E-state index contributed by atoms with van der Waals surface area (Å²) in [6.45, 7) is 10.7. The third-order valence-electron chi connectivity index (χ3n) is 9.84. The van der Waals surface area contributed by atoms with Crippen molar-refractivity contribution in [1.29, 1.82) is 0 Å². The standard InChI is InChI=1S/C49H46O6/c1-3-50-27-29-52-31-33-54-47-25-23-39(35-43(47)37-15-7-5-8-16-37)49(45-21-13-11-19-41(45)42-20-12-14-22-46(42)49)40-24-26-48(55-34-32-53-30-28-51-4-2)44(36-40)38-17-9-6-10-18-38/h3-26,35-36H,1-2,27-34H2. The van der Waals surface area contributed by atoms with Crippen LogP contribution in [0.5, 0.6) is 11.5 Å². The molecule has 0 atom stereocenters. The molecular weight excluding hydrogens is 685 g/mol. The summed E-state index contributed by atoms with van der Waals surface area (Å²) in [5, 5.41) is 0. The van der Waals surface area contributed by atoms with E-state index < -0.39 is 5.41 Å². The van der Waals surface area contributed by atoms with E-state index >= 15 is 0 Å². The van der Waals surface area contributed by atoms with Crippen LogP contribution < -0.4 is 9.47 Å². The molecular formula is C49H46O6. The van der Waals surface area contributed by atoms with E-state index in [1.54, 1.807) is 0 Å². The number of hydrogen-bond acceptors (Lipinski definition) is 6. The average molecular weight is 731 g/mol. The van der Waals surface area contributed by atoms with Crippen LogP contribution in [0.1, 0.15) is 22.3 Å². The van der Waals surface area contributed by atoms with Crippen LogP contribution in [0.3, 0.4) is 0 Å². The van der Waals surface area contributed by atoms with E-state index in [4.69, 9.17) is 28.4 Å². The summed E-state index contributed by atoms with van der Waals surface area (Å²) in [6, 6.07) is 51.7. The third kappa shape index (κ3) is 8.07. The van der Waals surface area contributed by atoms with Crippen molar-refractivity contribution in [1.82, 2.24) is 0 Å². The zero-order valence-electron chi connectivity index (χ0n) is 31.0. The Morgan fingerprint density at radius 2 is 0.800 bits per heavy atom.